The van der Waals surface area contributed by atoms with Gasteiger partial charge in [-0.25, -0.2) is 0 Å². The molecule has 0 bridgehead atoms. The van der Waals surface area contributed by atoms with Gasteiger partial charge in [0.25, 0.3) is 0 Å². The zero-order valence-electron chi connectivity index (χ0n) is 15.0. The fourth-order valence-electron chi connectivity index (χ4n) is 3.03. The molecule has 5 heteroatoms. The number of hydrogen-bond donors (Lipinski definition) is 1. The van der Waals surface area contributed by atoms with Crippen LogP contribution in [0, 0.1) is 5.92 Å². The third kappa shape index (κ3) is 5.13. The lowest BCUT2D eigenvalue weighted by atomic mass is 10.0. The summed E-state index contributed by atoms with van der Waals surface area (Å²) < 4.78 is 11.3. The molecule has 134 valence electrons. The molecule has 1 fully saturated rings. The van der Waals surface area contributed by atoms with Crippen molar-refractivity contribution in [2.75, 3.05) is 20.3 Å². The van der Waals surface area contributed by atoms with Gasteiger partial charge in [0.05, 0.1) is 13.7 Å². The molecule has 24 heavy (non-hydrogen) atoms. The lowest BCUT2D eigenvalue weighted by Crippen LogP contribution is -2.43. The van der Waals surface area contributed by atoms with Crippen LogP contribution in [0.25, 0.3) is 0 Å². The summed E-state index contributed by atoms with van der Waals surface area (Å²) in [7, 11) is 1.63. The average molecular weight is 335 g/mol. The molecule has 1 aliphatic rings. The van der Waals surface area contributed by atoms with Crippen LogP contribution in [0.2, 0.25) is 0 Å². The summed E-state index contributed by atoms with van der Waals surface area (Å²) in [6, 6.07) is 5.49. The van der Waals surface area contributed by atoms with Gasteiger partial charge in [0.1, 0.15) is 6.04 Å². The molecule has 1 saturated heterocycles. The first-order valence-electron chi connectivity index (χ1n) is 8.78. The second-order valence-electron chi connectivity index (χ2n) is 6.84. The molecule has 0 spiro atoms. The number of carboxylic acids is 1. The van der Waals surface area contributed by atoms with Crippen molar-refractivity contribution in [2.45, 2.75) is 52.1 Å². The number of piperidine rings is 1. The maximum Gasteiger partial charge on any atom is 0.320 e. The van der Waals surface area contributed by atoms with Crippen LogP contribution < -0.4 is 9.47 Å². The monoisotopic (exact) mass is 335 g/mol. The number of hydrogen-bond acceptors (Lipinski definition) is 4. The van der Waals surface area contributed by atoms with Gasteiger partial charge in [-0.05, 0) is 49.4 Å². The average Bonchev–Trinajstić information content (AvgIpc) is 2.55. The van der Waals surface area contributed by atoms with Crippen LogP contribution in [0.3, 0.4) is 0 Å². The fourth-order valence-corrected chi connectivity index (χ4v) is 3.03. The summed E-state index contributed by atoms with van der Waals surface area (Å²) in [4.78, 5) is 13.5. The third-order valence-corrected chi connectivity index (χ3v) is 4.47. The fraction of sp³-hybridized carbons (Fsp3) is 0.632. The second kappa shape index (κ2) is 8.92. The van der Waals surface area contributed by atoms with E-state index in [1.54, 1.807) is 7.11 Å². The SMILES string of the molecule is COc1ccc(CN2CCCCC2C(=O)O)cc1OCCC(C)C. The topological polar surface area (TPSA) is 59.0 Å². The van der Waals surface area contributed by atoms with Crippen molar-refractivity contribution in [1.29, 1.82) is 0 Å². The van der Waals surface area contributed by atoms with Gasteiger partial charge in [0.15, 0.2) is 11.5 Å². The van der Waals surface area contributed by atoms with Crippen molar-refractivity contribution in [3.8, 4) is 11.5 Å². The van der Waals surface area contributed by atoms with Crippen molar-refractivity contribution in [1.82, 2.24) is 4.90 Å². The molecule has 0 saturated carbocycles. The van der Waals surface area contributed by atoms with E-state index in [2.05, 4.69) is 13.8 Å². The predicted octanol–water partition coefficient (Wildman–Crippen LogP) is 3.56. The quantitative estimate of drug-likeness (QED) is 0.787. The molecular formula is C19H29NO4. The van der Waals surface area contributed by atoms with Gasteiger partial charge in [-0.1, -0.05) is 26.3 Å². The van der Waals surface area contributed by atoms with E-state index in [0.717, 1.165) is 49.3 Å². The van der Waals surface area contributed by atoms with Crippen LogP contribution in [0.5, 0.6) is 11.5 Å². The molecule has 2 rings (SSSR count). The van der Waals surface area contributed by atoms with E-state index < -0.39 is 5.97 Å². The molecule has 1 aromatic carbocycles. The van der Waals surface area contributed by atoms with Gasteiger partial charge in [0, 0.05) is 6.54 Å². The first kappa shape index (κ1) is 18.6. The number of ether oxygens (including phenoxy) is 2. The first-order chi connectivity index (χ1) is 11.5. The standard InChI is InChI=1S/C19H29NO4/c1-14(2)9-11-24-18-12-15(7-8-17(18)23-3)13-20-10-5-4-6-16(20)19(21)22/h7-8,12,14,16H,4-6,9-11,13H2,1-3H3,(H,21,22). The number of carboxylic acid groups (broad SMARTS) is 1. The second-order valence-corrected chi connectivity index (χ2v) is 6.84. The van der Waals surface area contributed by atoms with Gasteiger partial charge in [-0.3, -0.25) is 9.69 Å². The van der Waals surface area contributed by atoms with E-state index in [4.69, 9.17) is 9.47 Å². The molecule has 1 heterocycles. The van der Waals surface area contributed by atoms with E-state index in [1.807, 2.05) is 23.1 Å². The maximum absolute atomic E-state index is 11.4. The highest BCUT2D eigenvalue weighted by Gasteiger charge is 2.28. The number of carbonyl (C=O) groups is 1. The van der Waals surface area contributed by atoms with Crippen LogP contribution in [-0.4, -0.2) is 42.3 Å². The molecule has 0 radical (unpaired) electrons. The van der Waals surface area contributed by atoms with Crippen LogP contribution >= 0.6 is 0 Å². The molecule has 1 unspecified atom stereocenters. The van der Waals surface area contributed by atoms with E-state index in [9.17, 15) is 9.90 Å². The predicted molar refractivity (Wildman–Crippen MR) is 93.6 cm³/mol. The van der Waals surface area contributed by atoms with Crippen LogP contribution in [0.1, 0.15) is 45.1 Å². The van der Waals surface area contributed by atoms with E-state index >= 15 is 0 Å². The van der Waals surface area contributed by atoms with Crippen LogP contribution in [-0.2, 0) is 11.3 Å². The Labute approximate surface area is 144 Å². The van der Waals surface area contributed by atoms with Gasteiger partial charge in [0.2, 0.25) is 0 Å². The Hall–Kier alpha value is -1.75. The molecule has 1 aliphatic heterocycles. The number of nitrogens with zero attached hydrogens (tertiary/aromatic N) is 1. The Bertz CT molecular complexity index is 544. The smallest absolute Gasteiger partial charge is 0.320 e. The molecule has 0 aromatic heterocycles. The maximum atomic E-state index is 11.4. The summed E-state index contributed by atoms with van der Waals surface area (Å²) in [6.07, 6.45) is 3.75. The molecule has 1 atom stereocenters. The zero-order chi connectivity index (χ0) is 17.5. The van der Waals surface area contributed by atoms with E-state index in [1.165, 1.54) is 0 Å². The van der Waals surface area contributed by atoms with Crippen molar-refractivity contribution < 1.29 is 19.4 Å². The van der Waals surface area contributed by atoms with Crippen molar-refractivity contribution in [3.63, 3.8) is 0 Å². The molecule has 0 amide bonds. The van der Waals surface area contributed by atoms with Gasteiger partial charge >= 0.3 is 5.97 Å². The summed E-state index contributed by atoms with van der Waals surface area (Å²) >= 11 is 0. The van der Waals surface area contributed by atoms with E-state index in [0.29, 0.717) is 19.1 Å². The summed E-state index contributed by atoms with van der Waals surface area (Å²) in [5.74, 6) is 1.32. The highest BCUT2D eigenvalue weighted by atomic mass is 16.5. The molecule has 1 aromatic rings. The summed E-state index contributed by atoms with van der Waals surface area (Å²) in [5.41, 5.74) is 1.06. The van der Waals surface area contributed by atoms with Crippen LogP contribution in [0.4, 0.5) is 0 Å². The zero-order valence-corrected chi connectivity index (χ0v) is 15.0. The van der Waals surface area contributed by atoms with Crippen molar-refractivity contribution >= 4 is 5.97 Å². The molecule has 5 nitrogen and oxygen atoms in total. The number of benzene rings is 1. The number of likely N-dealkylation sites (tertiary alicyclic amines) is 1. The lowest BCUT2D eigenvalue weighted by Gasteiger charge is -2.33. The van der Waals surface area contributed by atoms with Crippen molar-refractivity contribution in [3.05, 3.63) is 23.8 Å². The number of rotatable bonds is 8. The highest BCUT2D eigenvalue weighted by Crippen LogP contribution is 2.30. The van der Waals surface area contributed by atoms with Gasteiger partial charge in [-0.2, -0.15) is 0 Å². The van der Waals surface area contributed by atoms with E-state index in [-0.39, 0.29) is 6.04 Å². The van der Waals surface area contributed by atoms with Crippen LogP contribution in [0.15, 0.2) is 18.2 Å². The Kier molecular flexibility index (Phi) is 6.91. The largest absolute Gasteiger partial charge is 0.493 e. The van der Waals surface area contributed by atoms with Gasteiger partial charge < -0.3 is 14.6 Å². The first-order valence-corrected chi connectivity index (χ1v) is 8.78. The Morgan fingerprint density at radius 2 is 2.12 bits per heavy atom. The minimum Gasteiger partial charge on any atom is -0.493 e. The normalized spacial score (nSPS) is 18.6. The minimum absolute atomic E-state index is 0.383. The number of aliphatic carboxylic acids is 1. The lowest BCUT2D eigenvalue weighted by molar-refractivity contribution is -0.144. The highest BCUT2D eigenvalue weighted by molar-refractivity contribution is 5.73. The molecule has 1 N–H and O–H groups in total. The third-order valence-electron chi connectivity index (χ3n) is 4.47. The van der Waals surface area contributed by atoms with Crippen molar-refractivity contribution in [2.24, 2.45) is 5.92 Å². The molecule has 0 aliphatic carbocycles. The summed E-state index contributed by atoms with van der Waals surface area (Å²) in [6.45, 7) is 6.44. The summed E-state index contributed by atoms with van der Waals surface area (Å²) in [5, 5.41) is 9.41. The number of methoxy groups -OCH3 is 1. The molecular weight excluding hydrogens is 306 g/mol. The minimum atomic E-state index is -0.725. The Morgan fingerprint density at radius 3 is 2.79 bits per heavy atom. The van der Waals surface area contributed by atoms with Gasteiger partial charge in [-0.15, -0.1) is 0 Å². The Balaban J connectivity index is 2.07. The Morgan fingerprint density at radius 1 is 1.33 bits per heavy atom.